The van der Waals surface area contributed by atoms with Gasteiger partial charge in [-0.15, -0.1) is 6.42 Å². The number of aliphatic hydroxyl groups is 1. The van der Waals surface area contributed by atoms with Crippen molar-refractivity contribution in [2.75, 3.05) is 6.61 Å². The molecule has 0 saturated heterocycles. The van der Waals surface area contributed by atoms with Crippen LogP contribution in [0.2, 0.25) is 0 Å². The standard InChI is InChI=1S/C13H16O2/c1-3-5-10-15-12-8-6-11(7-9-12)13(14)4-2/h2,6-9,13-14H,3,5,10H2,1H3. The number of hydrogen-bond acceptors (Lipinski definition) is 2. The summed E-state index contributed by atoms with van der Waals surface area (Å²) in [5.41, 5.74) is 0.723. The molecule has 1 unspecified atom stereocenters. The summed E-state index contributed by atoms with van der Waals surface area (Å²) in [6.45, 7) is 2.85. The van der Waals surface area contributed by atoms with Crippen molar-refractivity contribution < 1.29 is 9.84 Å². The predicted molar refractivity (Wildman–Crippen MR) is 60.6 cm³/mol. The third kappa shape index (κ3) is 3.65. The van der Waals surface area contributed by atoms with Gasteiger partial charge in [-0.3, -0.25) is 0 Å². The molecule has 0 heterocycles. The Bertz CT molecular complexity index is 321. The largest absolute Gasteiger partial charge is 0.494 e. The third-order valence-corrected chi connectivity index (χ3v) is 2.12. The summed E-state index contributed by atoms with van der Waals surface area (Å²) in [5, 5.41) is 9.36. The first kappa shape index (κ1) is 11.6. The average molecular weight is 204 g/mol. The van der Waals surface area contributed by atoms with Crippen LogP contribution < -0.4 is 4.74 Å². The highest BCUT2D eigenvalue weighted by Gasteiger charge is 2.02. The van der Waals surface area contributed by atoms with Crippen molar-refractivity contribution in [2.45, 2.75) is 25.9 Å². The molecule has 1 N–H and O–H groups in total. The van der Waals surface area contributed by atoms with Gasteiger partial charge in [0.1, 0.15) is 11.9 Å². The van der Waals surface area contributed by atoms with Gasteiger partial charge in [-0.25, -0.2) is 0 Å². The van der Waals surface area contributed by atoms with Gasteiger partial charge in [0, 0.05) is 0 Å². The van der Waals surface area contributed by atoms with Crippen molar-refractivity contribution in [3.63, 3.8) is 0 Å². The molecule has 0 amide bonds. The fourth-order valence-electron chi connectivity index (χ4n) is 1.18. The number of unbranched alkanes of at least 4 members (excludes halogenated alkanes) is 1. The van der Waals surface area contributed by atoms with Crippen molar-refractivity contribution in [3.05, 3.63) is 29.8 Å². The minimum atomic E-state index is -0.824. The summed E-state index contributed by atoms with van der Waals surface area (Å²) in [6.07, 6.45) is 6.45. The Labute approximate surface area is 90.9 Å². The van der Waals surface area contributed by atoms with Gasteiger partial charge in [0.15, 0.2) is 0 Å². The SMILES string of the molecule is C#CC(O)c1ccc(OCCCC)cc1. The van der Waals surface area contributed by atoms with E-state index in [1.54, 1.807) is 12.1 Å². The molecule has 1 aromatic rings. The number of benzene rings is 1. The number of rotatable bonds is 5. The quantitative estimate of drug-likeness (QED) is 0.590. The minimum absolute atomic E-state index is 0.723. The van der Waals surface area contributed by atoms with Gasteiger partial charge in [0.25, 0.3) is 0 Å². The molecule has 0 spiro atoms. The van der Waals surface area contributed by atoms with E-state index in [0.29, 0.717) is 0 Å². The lowest BCUT2D eigenvalue weighted by Gasteiger charge is -2.07. The molecular formula is C13H16O2. The van der Waals surface area contributed by atoms with Gasteiger partial charge < -0.3 is 9.84 Å². The lowest BCUT2D eigenvalue weighted by atomic mass is 10.1. The number of ether oxygens (including phenoxy) is 1. The zero-order chi connectivity index (χ0) is 11.1. The summed E-state index contributed by atoms with van der Waals surface area (Å²) >= 11 is 0. The third-order valence-electron chi connectivity index (χ3n) is 2.12. The van der Waals surface area contributed by atoms with Crippen molar-refractivity contribution >= 4 is 0 Å². The Balaban J connectivity index is 2.53. The maximum Gasteiger partial charge on any atom is 0.139 e. The lowest BCUT2D eigenvalue weighted by molar-refractivity contribution is 0.238. The number of terminal acetylenes is 1. The molecule has 0 aromatic heterocycles. The van der Waals surface area contributed by atoms with Crippen LogP contribution in [0.1, 0.15) is 31.4 Å². The van der Waals surface area contributed by atoms with Crippen LogP contribution in [0.4, 0.5) is 0 Å². The van der Waals surface area contributed by atoms with E-state index in [2.05, 4.69) is 12.8 Å². The second-order valence-corrected chi connectivity index (χ2v) is 3.34. The molecule has 80 valence electrons. The van der Waals surface area contributed by atoms with E-state index in [1.165, 1.54) is 0 Å². The molecule has 0 fully saturated rings. The second kappa shape index (κ2) is 6.10. The predicted octanol–water partition coefficient (Wildman–Crippen LogP) is 2.53. The Morgan fingerprint density at radius 2 is 2.07 bits per heavy atom. The topological polar surface area (TPSA) is 29.5 Å². The van der Waals surface area contributed by atoms with E-state index >= 15 is 0 Å². The molecule has 0 bridgehead atoms. The van der Waals surface area contributed by atoms with Gasteiger partial charge in [0.05, 0.1) is 6.61 Å². The normalized spacial score (nSPS) is 11.8. The maximum absolute atomic E-state index is 9.36. The van der Waals surface area contributed by atoms with Crippen LogP contribution in [-0.4, -0.2) is 11.7 Å². The highest BCUT2D eigenvalue weighted by molar-refractivity contribution is 5.31. The van der Waals surface area contributed by atoms with Crippen LogP contribution in [-0.2, 0) is 0 Å². The minimum Gasteiger partial charge on any atom is -0.494 e. The first-order chi connectivity index (χ1) is 7.27. The van der Waals surface area contributed by atoms with Crippen molar-refractivity contribution in [1.82, 2.24) is 0 Å². The van der Waals surface area contributed by atoms with E-state index in [1.807, 2.05) is 12.1 Å². The first-order valence-electron chi connectivity index (χ1n) is 5.15. The van der Waals surface area contributed by atoms with Crippen molar-refractivity contribution in [1.29, 1.82) is 0 Å². The second-order valence-electron chi connectivity index (χ2n) is 3.34. The molecule has 0 aliphatic rings. The highest BCUT2D eigenvalue weighted by Crippen LogP contribution is 2.17. The van der Waals surface area contributed by atoms with Crippen LogP contribution in [0.15, 0.2) is 24.3 Å². The molecule has 2 nitrogen and oxygen atoms in total. The van der Waals surface area contributed by atoms with Crippen LogP contribution in [0.3, 0.4) is 0 Å². The fourth-order valence-corrected chi connectivity index (χ4v) is 1.18. The molecule has 15 heavy (non-hydrogen) atoms. The van der Waals surface area contributed by atoms with E-state index in [9.17, 15) is 5.11 Å². The Kier molecular flexibility index (Phi) is 4.73. The Hall–Kier alpha value is -1.46. The molecule has 1 aromatic carbocycles. The first-order valence-corrected chi connectivity index (χ1v) is 5.15. The molecule has 1 rings (SSSR count). The smallest absolute Gasteiger partial charge is 0.139 e. The summed E-state index contributed by atoms with van der Waals surface area (Å²) in [4.78, 5) is 0. The molecule has 0 aliphatic heterocycles. The van der Waals surface area contributed by atoms with E-state index in [0.717, 1.165) is 30.8 Å². The lowest BCUT2D eigenvalue weighted by Crippen LogP contribution is -1.97. The summed E-state index contributed by atoms with van der Waals surface area (Å²) in [5.74, 6) is 3.08. The fraction of sp³-hybridized carbons (Fsp3) is 0.385. The van der Waals surface area contributed by atoms with E-state index in [4.69, 9.17) is 11.2 Å². The number of hydrogen-bond donors (Lipinski definition) is 1. The van der Waals surface area contributed by atoms with Crippen LogP contribution >= 0.6 is 0 Å². The van der Waals surface area contributed by atoms with Gasteiger partial charge in [-0.1, -0.05) is 31.4 Å². The highest BCUT2D eigenvalue weighted by atomic mass is 16.5. The average Bonchev–Trinajstić information content (AvgIpc) is 2.29. The summed E-state index contributed by atoms with van der Waals surface area (Å²) < 4.78 is 5.48. The zero-order valence-electron chi connectivity index (χ0n) is 8.94. The van der Waals surface area contributed by atoms with Crippen LogP contribution in [0, 0.1) is 12.3 Å². The molecule has 0 aliphatic carbocycles. The molecular weight excluding hydrogens is 188 g/mol. The van der Waals surface area contributed by atoms with Crippen molar-refractivity contribution in [2.24, 2.45) is 0 Å². The molecule has 2 heteroatoms. The van der Waals surface area contributed by atoms with E-state index < -0.39 is 6.10 Å². The van der Waals surface area contributed by atoms with Crippen LogP contribution in [0.5, 0.6) is 5.75 Å². The molecule has 0 radical (unpaired) electrons. The van der Waals surface area contributed by atoms with Crippen LogP contribution in [0.25, 0.3) is 0 Å². The number of aliphatic hydroxyl groups excluding tert-OH is 1. The van der Waals surface area contributed by atoms with Gasteiger partial charge in [-0.2, -0.15) is 0 Å². The van der Waals surface area contributed by atoms with Crippen molar-refractivity contribution in [3.8, 4) is 18.1 Å². The van der Waals surface area contributed by atoms with Gasteiger partial charge in [0.2, 0.25) is 0 Å². The Morgan fingerprint density at radius 1 is 1.40 bits per heavy atom. The van der Waals surface area contributed by atoms with Gasteiger partial charge in [-0.05, 0) is 24.1 Å². The van der Waals surface area contributed by atoms with Gasteiger partial charge >= 0.3 is 0 Å². The summed E-state index contributed by atoms with van der Waals surface area (Å²) in [6, 6.07) is 7.22. The molecule has 1 atom stereocenters. The van der Waals surface area contributed by atoms with E-state index in [-0.39, 0.29) is 0 Å². The maximum atomic E-state index is 9.36. The molecule has 0 saturated carbocycles. The Morgan fingerprint density at radius 3 is 2.60 bits per heavy atom. The zero-order valence-corrected chi connectivity index (χ0v) is 8.94. The monoisotopic (exact) mass is 204 g/mol. The summed E-state index contributed by atoms with van der Waals surface area (Å²) in [7, 11) is 0.